The van der Waals surface area contributed by atoms with Gasteiger partial charge in [-0.2, -0.15) is 11.8 Å². The van der Waals surface area contributed by atoms with Crippen LogP contribution in [0.3, 0.4) is 0 Å². The number of ether oxygens (including phenoxy) is 1. The Balaban J connectivity index is 1.61. The number of nitrogens with one attached hydrogen (secondary N) is 1. The molecule has 0 aromatic rings. The second kappa shape index (κ2) is 6.33. The maximum absolute atomic E-state index is 6.23. The first-order chi connectivity index (χ1) is 9.31. The lowest BCUT2D eigenvalue weighted by molar-refractivity contribution is -0.113. The van der Waals surface area contributed by atoms with E-state index in [0.29, 0.717) is 6.04 Å². The quantitative estimate of drug-likeness (QED) is 0.839. The van der Waals surface area contributed by atoms with Crippen LogP contribution >= 0.6 is 11.8 Å². The molecule has 3 aliphatic rings. The molecule has 3 nitrogen and oxygen atoms in total. The first-order valence-electron chi connectivity index (χ1n) is 7.94. The van der Waals surface area contributed by atoms with Gasteiger partial charge >= 0.3 is 0 Å². The summed E-state index contributed by atoms with van der Waals surface area (Å²) in [5.74, 6) is 2.59. The van der Waals surface area contributed by atoms with Crippen LogP contribution in [-0.4, -0.2) is 60.8 Å². The molecule has 0 aromatic carbocycles. The van der Waals surface area contributed by atoms with Gasteiger partial charge in [0, 0.05) is 25.2 Å². The van der Waals surface area contributed by atoms with Crippen LogP contribution in [0.5, 0.6) is 0 Å². The van der Waals surface area contributed by atoms with E-state index in [-0.39, 0.29) is 5.60 Å². The molecule has 0 bridgehead atoms. The van der Waals surface area contributed by atoms with Crippen molar-refractivity contribution < 1.29 is 4.74 Å². The summed E-state index contributed by atoms with van der Waals surface area (Å²) in [5, 5.41) is 3.47. The number of hydrogen-bond acceptors (Lipinski definition) is 4. The molecule has 4 heteroatoms. The molecule has 2 atom stereocenters. The first kappa shape index (κ1) is 14.2. The van der Waals surface area contributed by atoms with E-state index in [1.807, 2.05) is 0 Å². The second-order valence-corrected chi connectivity index (χ2v) is 7.64. The zero-order chi connectivity index (χ0) is 13.1. The van der Waals surface area contributed by atoms with Crippen molar-refractivity contribution >= 4 is 11.8 Å². The normalized spacial score (nSPS) is 36.5. The van der Waals surface area contributed by atoms with Gasteiger partial charge < -0.3 is 10.1 Å². The zero-order valence-corrected chi connectivity index (χ0v) is 13.0. The summed E-state index contributed by atoms with van der Waals surface area (Å²) < 4.78 is 6.23. The maximum Gasteiger partial charge on any atom is 0.0713 e. The summed E-state index contributed by atoms with van der Waals surface area (Å²) in [4.78, 5) is 2.75. The fraction of sp³-hybridized carbons (Fsp3) is 1.00. The van der Waals surface area contributed by atoms with Gasteiger partial charge in [0.2, 0.25) is 0 Å². The largest absolute Gasteiger partial charge is 0.375 e. The van der Waals surface area contributed by atoms with Crippen LogP contribution in [-0.2, 0) is 4.74 Å². The second-order valence-electron chi connectivity index (χ2n) is 6.41. The van der Waals surface area contributed by atoms with Crippen molar-refractivity contribution in [3.05, 3.63) is 0 Å². The molecule has 3 aliphatic heterocycles. The summed E-state index contributed by atoms with van der Waals surface area (Å²) in [5.41, 5.74) is 0.237. The lowest BCUT2D eigenvalue weighted by Crippen LogP contribution is -2.54. The molecular formula is C15H28N2OS. The number of nitrogens with zero attached hydrogens (tertiary/aromatic N) is 1. The summed E-state index contributed by atoms with van der Waals surface area (Å²) in [6.07, 6.45) is 7.77. The Kier molecular flexibility index (Phi) is 4.73. The van der Waals surface area contributed by atoms with E-state index < -0.39 is 0 Å². The number of thioether (sulfide) groups is 1. The smallest absolute Gasteiger partial charge is 0.0713 e. The highest BCUT2D eigenvalue weighted by atomic mass is 32.2. The van der Waals surface area contributed by atoms with Crippen LogP contribution in [0.25, 0.3) is 0 Å². The third kappa shape index (κ3) is 3.29. The van der Waals surface area contributed by atoms with Gasteiger partial charge in [-0.05, 0) is 63.6 Å². The third-order valence-corrected chi connectivity index (χ3v) is 6.23. The van der Waals surface area contributed by atoms with E-state index in [1.165, 1.54) is 63.1 Å². The number of likely N-dealkylation sites (N-methyl/N-ethyl adjacent to an activating group) is 1. The lowest BCUT2D eigenvalue weighted by atomic mass is 9.84. The molecular weight excluding hydrogens is 256 g/mol. The van der Waals surface area contributed by atoms with E-state index in [1.54, 1.807) is 0 Å². The highest BCUT2D eigenvalue weighted by molar-refractivity contribution is 7.99. The van der Waals surface area contributed by atoms with E-state index in [0.717, 1.165) is 12.6 Å². The lowest BCUT2D eigenvalue weighted by Gasteiger charge is -2.48. The summed E-state index contributed by atoms with van der Waals surface area (Å²) in [6.45, 7) is 3.52. The van der Waals surface area contributed by atoms with Crippen LogP contribution in [0.15, 0.2) is 0 Å². The average Bonchev–Trinajstić information content (AvgIpc) is 2.48. The fourth-order valence-electron chi connectivity index (χ4n) is 3.98. The Morgan fingerprint density at radius 3 is 2.89 bits per heavy atom. The summed E-state index contributed by atoms with van der Waals surface area (Å²) in [6, 6.07) is 1.47. The third-order valence-electron chi connectivity index (χ3n) is 5.25. The molecule has 3 fully saturated rings. The molecule has 3 rings (SSSR count). The fourth-order valence-corrected chi connectivity index (χ4v) is 5.22. The van der Waals surface area contributed by atoms with Crippen molar-refractivity contribution in [2.24, 2.45) is 0 Å². The minimum absolute atomic E-state index is 0.237. The van der Waals surface area contributed by atoms with Gasteiger partial charge in [0.05, 0.1) is 5.60 Å². The van der Waals surface area contributed by atoms with Crippen LogP contribution in [0.2, 0.25) is 0 Å². The molecule has 0 aliphatic carbocycles. The molecule has 3 heterocycles. The minimum Gasteiger partial charge on any atom is -0.375 e. The van der Waals surface area contributed by atoms with E-state index in [4.69, 9.17) is 4.74 Å². The summed E-state index contributed by atoms with van der Waals surface area (Å²) >= 11 is 2.10. The van der Waals surface area contributed by atoms with Crippen molar-refractivity contribution in [3.8, 4) is 0 Å². The van der Waals surface area contributed by atoms with E-state index >= 15 is 0 Å². The Labute approximate surface area is 121 Å². The Morgan fingerprint density at radius 1 is 1.26 bits per heavy atom. The van der Waals surface area contributed by atoms with Gasteiger partial charge in [-0.25, -0.2) is 0 Å². The number of piperidine rings is 1. The van der Waals surface area contributed by atoms with Crippen LogP contribution < -0.4 is 5.32 Å². The van der Waals surface area contributed by atoms with E-state index in [2.05, 4.69) is 29.0 Å². The van der Waals surface area contributed by atoms with Gasteiger partial charge in [0.1, 0.15) is 0 Å². The molecule has 0 saturated carbocycles. The van der Waals surface area contributed by atoms with Crippen LogP contribution in [0.4, 0.5) is 0 Å². The Hall–Kier alpha value is 0.230. The van der Waals surface area contributed by atoms with E-state index in [9.17, 15) is 0 Å². The highest BCUT2D eigenvalue weighted by Gasteiger charge is 2.41. The molecule has 0 radical (unpaired) electrons. The number of likely N-dealkylation sites (tertiary alicyclic amines) is 1. The number of hydrogen-bond donors (Lipinski definition) is 1. The monoisotopic (exact) mass is 284 g/mol. The van der Waals surface area contributed by atoms with Gasteiger partial charge in [-0.3, -0.25) is 4.90 Å². The van der Waals surface area contributed by atoms with Gasteiger partial charge in [-0.15, -0.1) is 0 Å². The van der Waals surface area contributed by atoms with Gasteiger partial charge in [-0.1, -0.05) is 0 Å². The minimum atomic E-state index is 0.237. The topological polar surface area (TPSA) is 24.5 Å². The molecule has 0 aromatic heterocycles. The molecule has 19 heavy (non-hydrogen) atoms. The SMILES string of the molecule is CNC1CCCN(C2CCOC3(CCSCC3)C2)C1. The van der Waals surface area contributed by atoms with Gasteiger partial charge in [0.25, 0.3) is 0 Å². The van der Waals surface area contributed by atoms with Crippen molar-refractivity contribution in [1.82, 2.24) is 10.2 Å². The predicted octanol–water partition coefficient (Wildman–Crippen LogP) is 2.11. The number of rotatable bonds is 2. The van der Waals surface area contributed by atoms with Gasteiger partial charge in [0.15, 0.2) is 0 Å². The van der Waals surface area contributed by atoms with Crippen LogP contribution in [0, 0.1) is 0 Å². The predicted molar refractivity (Wildman–Crippen MR) is 81.9 cm³/mol. The standard InChI is InChI=1S/C15H28N2OS/c1-16-13-3-2-7-17(12-13)14-4-8-18-15(11-14)5-9-19-10-6-15/h13-14,16H,2-12H2,1H3. The molecule has 2 unspecified atom stereocenters. The Morgan fingerprint density at radius 2 is 2.11 bits per heavy atom. The van der Waals surface area contributed by atoms with Crippen molar-refractivity contribution in [3.63, 3.8) is 0 Å². The van der Waals surface area contributed by atoms with Crippen LogP contribution in [0.1, 0.15) is 38.5 Å². The molecule has 0 amide bonds. The summed E-state index contributed by atoms with van der Waals surface area (Å²) in [7, 11) is 2.11. The molecule has 110 valence electrons. The van der Waals surface area contributed by atoms with Crippen molar-refractivity contribution in [1.29, 1.82) is 0 Å². The Bertz CT molecular complexity index is 288. The zero-order valence-electron chi connectivity index (χ0n) is 12.2. The van der Waals surface area contributed by atoms with Crippen molar-refractivity contribution in [2.75, 3.05) is 38.2 Å². The highest BCUT2D eigenvalue weighted by Crippen LogP contribution is 2.39. The maximum atomic E-state index is 6.23. The molecule has 3 saturated heterocycles. The van der Waals surface area contributed by atoms with Crippen molar-refractivity contribution in [2.45, 2.75) is 56.2 Å². The molecule has 1 spiro atoms. The molecule has 1 N–H and O–H groups in total. The average molecular weight is 284 g/mol. The first-order valence-corrected chi connectivity index (χ1v) is 9.10.